The van der Waals surface area contributed by atoms with Gasteiger partial charge in [-0.05, 0) is 18.4 Å². The van der Waals surface area contributed by atoms with Gasteiger partial charge in [0.05, 0.1) is 6.04 Å². The molecule has 0 saturated carbocycles. The van der Waals surface area contributed by atoms with Gasteiger partial charge in [-0.15, -0.1) is 0 Å². The molecule has 1 aromatic carbocycles. The standard InChI is InChI=1S/C11H12F3NO2S/c12-11(13,14)18(16,17)15-8-4-7-10(15)9-5-2-1-3-6-9/h1-3,5-6,10H,4,7-8H2. The van der Waals surface area contributed by atoms with Crippen molar-refractivity contribution < 1.29 is 21.6 Å². The summed E-state index contributed by atoms with van der Waals surface area (Å²) < 4.78 is 61.1. The number of hydrogen-bond donors (Lipinski definition) is 0. The van der Waals surface area contributed by atoms with E-state index in [9.17, 15) is 21.6 Å². The number of nitrogens with zero attached hydrogens (tertiary/aromatic N) is 1. The molecule has 1 heterocycles. The van der Waals surface area contributed by atoms with Gasteiger partial charge >= 0.3 is 15.5 Å². The number of sulfonamides is 1. The fourth-order valence-electron chi connectivity index (χ4n) is 2.17. The summed E-state index contributed by atoms with van der Waals surface area (Å²) in [5.41, 5.74) is -4.63. The Hall–Kier alpha value is -1.08. The molecule has 3 nitrogen and oxygen atoms in total. The lowest BCUT2D eigenvalue weighted by atomic mass is 10.1. The van der Waals surface area contributed by atoms with E-state index >= 15 is 0 Å². The van der Waals surface area contributed by atoms with Gasteiger partial charge in [-0.3, -0.25) is 0 Å². The van der Waals surface area contributed by atoms with Crippen molar-refractivity contribution in [1.29, 1.82) is 0 Å². The third kappa shape index (κ3) is 2.24. The second-order valence-corrected chi connectivity index (χ2v) is 6.01. The molecule has 0 radical (unpaired) electrons. The number of halogens is 3. The average molecular weight is 279 g/mol. The molecule has 1 fully saturated rings. The van der Waals surface area contributed by atoms with Gasteiger partial charge in [0.25, 0.3) is 0 Å². The van der Waals surface area contributed by atoms with Crippen LogP contribution in [0, 0.1) is 0 Å². The first-order chi connectivity index (χ1) is 8.34. The second-order valence-electron chi connectivity index (χ2n) is 4.13. The Labute approximate surface area is 103 Å². The van der Waals surface area contributed by atoms with Gasteiger partial charge in [0.2, 0.25) is 0 Å². The van der Waals surface area contributed by atoms with Crippen molar-refractivity contribution in [2.75, 3.05) is 6.54 Å². The Morgan fingerprint density at radius 2 is 1.78 bits per heavy atom. The minimum absolute atomic E-state index is 0.0819. The first kappa shape index (κ1) is 13.4. The molecule has 1 unspecified atom stereocenters. The third-order valence-corrected chi connectivity index (χ3v) is 4.63. The summed E-state index contributed by atoms with van der Waals surface area (Å²) in [4.78, 5) is 0. The fraction of sp³-hybridized carbons (Fsp3) is 0.455. The van der Waals surface area contributed by atoms with Gasteiger partial charge in [0, 0.05) is 6.54 Å². The van der Waals surface area contributed by atoms with Crippen molar-refractivity contribution in [3.8, 4) is 0 Å². The summed E-state index contributed by atoms with van der Waals surface area (Å²) >= 11 is 0. The van der Waals surface area contributed by atoms with Crippen LogP contribution in [0.5, 0.6) is 0 Å². The predicted octanol–water partition coefficient (Wildman–Crippen LogP) is 2.67. The zero-order valence-electron chi connectivity index (χ0n) is 9.39. The summed E-state index contributed by atoms with van der Waals surface area (Å²) in [7, 11) is -5.24. The van der Waals surface area contributed by atoms with E-state index in [1.807, 2.05) is 0 Å². The van der Waals surface area contributed by atoms with Crippen molar-refractivity contribution >= 4 is 10.0 Å². The molecule has 1 atom stereocenters. The van der Waals surface area contributed by atoms with Crippen molar-refractivity contribution in [1.82, 2.24) is 4.31 Å². The average Bonchev–Trinajstić information content (AvgIpc) is 2.78. The largest absolute Gasteiger partial charge is 0.511 e. The van der Waals surface area contributed by atoms with Crippen LogP contribution in [0.1, 0.15) is 24.4 Å². The monoisotopic (exact) mass is 279 g/mol. The summed E-state index contributed by atoms with van der Waals surface area (Å²) in [6, 6.07) is 7.70. The number of hydrogen-bond acceptors (Lipinski definition) is 2. The molecule has 0 spiro atoms. The Morgan fingerprint density at radius 3 is 2.33 bits per heavy atom. The highest BCUT2D eigenvalue weighted by molar-refractivity contribution is 7.90. The molecule has 0 bridgehead atoms. The smallest absolute Gasteiger partial charge is 0.203 e. The molecule has 2 rings (SSSR count). The molecule has 0 N–H and O–H groups in total. The summed E-state index contributed by atoms with van der Waals surface area (Å²) in [5.74, 6) is 0. The Kier molecular flexibility index (Phi) is 3.37. The van der Waals surface area contributed by atoms with E-state index in [4.69, 9.17) is 0 Å². The Morgan fingerprint density at radius 1 is 1.17 bits per heavy atom. The SMILES string of the molecule is O=S(=O)(N1CCCC1c1ccccc1)C(F)(F)F. The second kappa shape index (κ2) is 4.55. The van der Waals surface area contributed by atoms with Gasteiger partial charge in [-0.2, -0.15) is 17.5 Å². The highest BCUT2D eigenvalue weighted by Gasteiger charge is 2.53. The van der Waals surface area contributed by atoms with Crippen LogP contribution in [-0.4, -0.2) is 24.8 Å². The van der Waals surface area contributed by atoms with Crippen LogP contribution in [0.15, 0.2) is 30.3 Å². The Bertz CT molecular complexity index is 513. The van der Waals surface area contributed by atoms with Crippen LogP contribution < -0.4 is 0 Å². The van der Waals surface area contributed by atoms with E-state index in [1.165, 1.54) is 0 Å². The number of benzene rings is 1. The summed E-state index contributed by atoms with van der Waals surface area (Å²) in [6.45, 7) is -0.0819. The molecule has 0 aliphatic carbocycles. The minimum atomic E-state index is -5.24. The van der Waals surface area contributed by atoms with Gasteiger partial charge in [0.15, 0.2) is 0 Å². The van der Waals surface area contributed by atoms with Gasteiger partial charge < -0.3 is 0 Å². The van der Waals surface area contributed by atoms with Gasteiger partial charge in [-0.1, -0.05) is 30.3 Å². The number of rotatable bonds is 2. The molecule has 7 heteroatoms. The maximum absolute atomic E-state index is 12.5. The van der Waals surface area contributed by atoms with Crippen LogP contribution in [0.4, 0.5) is 13.2 Å². The van der Waals surface area contributed by atoms with Crippen molar-refractivity contribution in [3.05, 3.63) is 35.9 Å². The van der Waals surface area contributed by atoms with Gasteiger partial charge in [0.1, 0.15) is 0 Å². The minimum Gasteiger partial charge on any atom is -0.203 e. The number of alkyl halides is 3. The topological polar surface area (TPSA) is 37.4 Å². The van der Waals surface area contributed by atoms with E-state index in [2.05, 4.69) is 0 Å². The van der Waals surface area contributed by atoms with Crippen LogP contribution in [0.2, 0.25) is 0 Å². The Balaban J connectivity index is 2.35. The molecule has 0 aromatic heterocycles. The maximum Gasteiger partial charge on any atom is 0.511 e. The first-order valence-electron chi connectivity index (χ1n) is 5.47. The normalized spacial score (nSPS) is 22.3. The highest BCUT2D eigenvalue weighted by atomic mass is 32.2. The quantitative estimate of drug-likeness (QED) is 0.834. The molecule has 1 saturated heterocycles. The zero-order valence-corrected chi connectivity index (χ0v) is 10.2. The van der Waals surface area contributed by atoms with E-state index in [1.54, 1.807) is 30.3 Å². The van der Waals surface area contributed by atoms with Crippen LogP contribution in [0.3, 0.4) is 0 Å². The van der Waals surface area contributed by atoms with Crippen LogP contribution >= 0.6 is 0 Å². The molecule has 0 amide bonds. The lowest BCUT2D eigenvalue weighted by molar-refractivity contribution is -0.0493. The lowest BCUT2D eigenvalue weighted by Crippen LogP contribution is -2.40. The van der Waals surface area contributed by atoms with E-state index in [0.29, 0.717) is 22.7 Å². The van der Waals surface area contributed by atoms with E-state index < -0.39 is 21.6 Å². The summed E-state index contributed by atoms with van der Waals surface area (Å²) in [5, 5.41) is 0. The lowest BCUT2D eigenvalue weighted by Gasteiger charge is -2.25. The first-order valence-corrected chi connectivity index (χ1v) is 6.91. The molecule has 1 aromatic rings. The molecule has 1 aliphatic rings. The van der Waals surface area contributed by atoms with Crippen LogP contribution in [-0.2, 0) is 10.0 Å². The molecule has 1 aliphatic heterocycles. The summed E-state index contributed by atoms with van der Waals surface area (Å²) in [6.07, 6.45) is 0.855. The van der Waals surface area contributed by atoms with Crippen molar-refractivity contribution in [2.24, 2.45) is 0 Å². The third-order valence-electron chi connectivity index (χ3n) is 2.99. The van der Waals surface area contributed by atoms with Gasteiger partial charge in [-0.25, -0.2) is 8.42 Å². The molecular formula is C11H12F3NO2S. The van der Waals surface area contributed by atoms with Crippen molar-refractivity contribution in [2.45, 2.75) is 24.4 Å². The zero-order chi connectivity index (χ0) is 13.4. The van der Waals surface area contributed by atoms with Crippen molar-refractivity contribution in [3.63, 3.8) is 0 Å². The molecule has 18 heavy (non-hydrogen) atoms. The van der Waals surface area contributed by atoms with Crippen LogP contribution in [0.25, 0.3) is 0 Å². The van der Waals surface area contributed by atoms with E-state index in [0.717, 1.165) is 0 Å². The maximum atomic E-state index is 12.5. The predicted molar refractivity (Wildman–Crippen MR) is 60.1 cm³/mol. The molecular weight excluding hydrogens is 267 g/mol. The molecule has 100 valence electrons. The van der Waals surface area contributed by atoms with E-state index in [-0.39, 0.29) is 6.54 Å². The highest BCUT2D eigenvalue weighted by Crippen LogP contribution is 2.39. The fourth-order valence-corrected chi connectivity index (χ4v) is 3.37.